The van der Waals surface area contributed by atoms with Gasteiger partial charge in [-0.25, -0.2) is 9.69 Å². The van der Waals surface area contributed by atoms with E-state index in [1.807, 2.05) is 0 Å². The Labute approximate surface area is 61.7 Å². The molecule has 0 aliphatic carbocycles. The first-order valence-corrected chi connectivity index (χ1v) is 3.54. The van der Waals surface area contributed by atoms with Crippen LogP contribution in [0.5, 0.6) is 0 Å². The maximum absolute atomic E-state index is 10.9. The number of amides is 2. The van der Waals surface area contributed by atoms with E-state index in [1.165, 1.54) is 23.1 Å². The Hall–Kier alpha value is -1.10. The van der Waals surface area contributed by atoms with Gasteiger partial charge in [-0.2, -0.15) is 0 Å². The first-order valence-electron chi connectivity index (χ1n) is 2.66. The van der Waals surface area contributed by atoms with E-state index in [0.717, 1.165) is 0 Å². The highest BCUT2D eigenvalue weighted by Gasteiger charge is 2.24. The maximum atomic E-state index is 10.9. The lowest BCUT2D eigenvalue weighted by Crippen LogP contribution is -2.33. The van der Waals surface area contributed by atoms with Crippen molar-refractivity contribution in [2.75, 3.05) is 0 Å². The van der Waals surface area contributed by atoms with E-state index in [1.54, 1.807) is 11.6 Å². The molecule has 10 heavy (non-hydrogen) atoms. The topological polar surface area (TPSA) is 41.6 Å². The van der Waals surface area contributed by atoms with Gasteiger partial charge in [0.2, 0.25) is 5.88 Å². The normalized spacial score (nSPS) is 21.4. The van der Waals surface area contributed by atoms with Crippen molar-refractivity contribution >= 4 is 18.0 Å². The fourth-order valence-electron chi connectivity index (χ4n) is 0.723. The molecule has 0 saturated heterocycles. The predicted molar refractivity (Wildman–Crippen MR) is 36.3 cm³/mol. The average Bonchev–Trinajstić information content (AvgIpc) is 2.36. The highest BCUT2D eigenvalue weighted by molar-refractivity contribution is 8.00. The summed E-state index contributed by atoms with van der Waals surface area (Å²) >= 11 is 1.21. The minimum Gasteiger partial charge on any atom is -0.446 e. The number of ether oxygens (including phenoxy) is 1. The lowest BCUT2D eigenvalue weighted by molar-refractivity contribution is 0.214. The third-order valence-electron chi connectivity index (χ3n) is 1.16. The van der Waals surface area contributed by atoms with Gasteiger partial charge in [-0.05, 0) is 11.9 Å². The van der Waals surface area contributed by atoms with Crippen LogP contribution in [-0.2, 0) is 4.74 Å². The van der Waals surface area contributed by atoms with Gasteiger partial charge in [-0.3, -0.25) is 4.72 Å². The number of hydrogen-bond acceptors (Lipinski definition) is 3. The van der Waals surface area contributed by atoms with Crippen LogP contribution in [0.2, 0.25) is 0 Å². The molecule has 0 spiro atoms. The summed E-state index contributed by atoms with van der Waals surface area (Å²) < 4.78 is 7.50. The van der Waals surface area contributed by atoms with Crippen LogP contribution in [0.1, 0.15) is 0 Å². The Balaban J connectivity index is 2.33. The van der Waals surface area contributed by atoms with Crippen molar-refractivity contribution in [2.45, 2.75) is 0 Å². The predicted octanol–water partition coefficient (Wildman–Crippen LogP) is 0.960. The fraction of sp³-hybridized carbons (Fsp3) is 0. The molecule has 2 rings (SSSR count). The second-order valence-electron chi connectivity index (χ2n) is 1.75. The molecule has 0 bridgehead atoms. The van der Waals surface area contributed by atoms with Gasteiger partial charge in [0.15, 0.2) is 0 Å². The van der Waals surface area contributed by atoms with Crippen molar-refractivity contribution in [3.8, 4) is 0 Å². The van der Waals surface area contributed by atoms with Crippen LogP contribution in [0.3, 0.4) is 0 Å². The molecule has 52 valence electrons. The van der Waals surface area contributed by atoms with Crippen molar-refractivity contribution in [3.63, 3.8) is 0 Å². The number of nitrogens with one attached hydrogen (secondary N) is 1. The van der Waals surface area contributed by atoms with Crippen LogP contribution in [0.15, 0.2) is 23.8 Å². The standard InChI is InChI=1S/C5H4N2O2S/c8-5-6-10-3-4-7(5)1-2-9-4/h1-3H,(H,6,8). The summed E-state index contributed by atoms with van der Waals surface area (Å²) in [5, 5.41) is 1.72. The largest absolute Gasteiger partial charge is 0.446 e. The lowest BCUT2D eigenvalue weighted by atomic mass is 10.7. The van der Waals surface area contributed by atoms with Crippen LogP contribution >= 0.6 is 11.9 Å². The Morgan fingerprint density at radius 3 is 3.40 bits per heavy atom. The first kappa shape index (κ1) is 5.67. The van der Waals surface area contributed by atoms with Gasteiger partial charge in [0, 0.05) is 0 Å². The van der Waals surface area contributed by atoms with Crippen molar-refractivity contribution in [1.29, 1.82) is 0 Å². The van der Waals surface area contributed by atoms with Gasteiger partial charge in [0.05, 0.1) is 11.6 Å². The molecule has 0 aromatic heterocycles. The molecule has 0 unspecified atom stereocenters. The molecule has 2 aliphatic heterocycles. The minimum atomic E-state index is -0.170. The number of hydrogen-bond donors (Lipinski definition) is 1. The molecule has 2 amide bonds. The van der Waals surface area contributed by atoms with Crippen molar-refractivity contribution in [3.05, 3.63) is 23.8 Å². The van der Waals surface area contributed by atoms with E-state index >= 15 is 0 Å². The second kappa shape index (κ2) is 1.95. The van der Waals surface area contributed by atoms with Crippen molar-refractivity contribution < 1.29 is 9.53 Å². The summed E-state index contributed by atoms with van der Waals surface area (Å²) in [6.07, 6.45) is 3.04. The zero-order chi connectivity index (χ0) is 6.97. The summed E-state index contributed by atoms with van der Waals surface area (Å²) in [6, 6.07) is -0.170. The maximum Gasteiger partial charge on any atom is 0.338 e. The number of carbonyl (C=O) groups is 1. The number of fused-ring (bicyclic) bond motifs is 1. The van der Waals surface area contributed by atoms with Gasteiger partial charge in [-0.1, -0.05) is 0 Å². The van der Waals surface area contributed by atoms with E-state index < -0.39 is 0 Å². The Kier molecular flexibility index (Phi) is 1.10. The molecule has 1 N–H and O–H groups in total. The van der Waals surface area contributed by atoms with Gasteiger partial charge >= 0.3 is 6.03 Å². The first-order chi connectivity index (χ1) is 4.88. The quantitative estimate of drug-likeness (QED) is 0.531. The molecular formula is C5H4N2O2S. The van der Waals surface area contributed by atoms with E-state index in [-0.39, 0.29) is 6.03 Å². The Morgan fingerprint density at radius 2 is 2.60 bits per heavy atom. The molecule has 0 atom stereocenters. The number of rotatable bonds is 0. The van der Waals surface area contributed by atoms with E-state index in [4.69, 9.17) is 4.74 Å². The summed E-state index contributed by atoms with van der Waals surface area (Å²) in [4.78, 5) is 12.3. The molecule has 0 aromatic carbocycles. The highest BCUT2D eigenvalue weighted by Crippen LogP contribution is 2.22. The molecule has 0 saturated carbocycles. The van der Waals surface area contributed by atoms with Crippen LogP contribution in [0.4, 0.5) is 4.79 Å². The zero-order valence-corrected chi connectivity index (χ0v) is 5.72. The number of urea groups is 1. The molecule has 0 fully saturated rings. The van der Waals surface area contributed by atoms with E-state index in [0.29, 0.717) is 5.88 Å². The number of nitrogens with zero attached hydrogens (tertiary/aromatic N) is 1. The average molecular weight is 156 g/mol. The smallest absolute Gasteiger partial charge is 0.338 e. The third kappa shape index (κ3) is 0.672. The van der Waals surface area contributed by atoms with E-state index in [2.05, 4.69) is 4.72 Å². The van der Waals surface area contributed by atoms with Crippen molar-refractivity contribution in [2.24, 2.45) is 0 Å². The van der Waals surface area contributed by atoms with Crippen LogP contribution in [0.25, 0.3) is 0 Å². The SMILES string of the molecule is O=C1NSC=C2OC=CN12. The molecule has 0 aromatic rings. The monoisotopic (exact) mass is 156 g/mol. The van der Waals surface area contributed by atoms with Crippen LogP contribution in [0, 0.1) is 0 Å². The Morgan fingerprint density at radius 1 is 1.70 bits per heavy atom. The van der Waals surface area contributed by atoms with Gasteiger partial charge in [0.1, 0.15) is 6.26 Å². The zero-order valence-electron chi connectivity index (χ0n) is 4.90. The van der Waals surface area contributed by atoms with Crippen molar-refractivity contribution in [1.82, 2.24) is 9.62 Å². The highest BCUT2D eigenvalue weighted by atomic mass is 32.2. The lowest BCUT2D eigenvalue weighted by Gasteiger charge is -2.17. The molecular weight excluding hydrogens is 152 g/mol. The molecule has 4 nitrogen and oxygen atoms in total. The number of carbonyl (C=O) groups excluding carboxylic acids is 1. The van der Waals surface area contributed by atoms with E-state index in [9.17, 15) is 4.79 Å². The van der Waals surface area contributed by atoms with Crippen LogP contribution in [-0.4, -0.2) is 10.9 Å². The molecule has 5 heteroatoms. The van der Waals surface area contributed by atoms with Crippen LogP contribution < -0.4 is 4.72 Å². The summed E-state index contributed by atoms with van der Waals surface area (Å²) in [5.74, 6) is 0.564. The van der Waals surface area contributed by atoms with Gasteiger partial charge < -0.3 is 4.74 Å². The summed E-state index contributed by atoms with van der Waals surface area (Å²) in [6.45, 7) is 0. The molecule has 2 aliphatic rings. The van der Waals surface area contributed by atoms with Gasteiger partial charge in [-0.15, -0.1) is 0 Å². The third-order valence-corrected chi connectivity index (χ3v) is 1.77. The van der Waals surface area contributed by atoms with Gasteiger partial charge in [0.25, 0.3) is 0 Å². The fourth-order valence-corrected chi connectivity index (χ4v) is 1.25. The summed E-state index contributed by atoms with van der Waals surface area (Å²) in [7, 11) is 0. The second-order valence-corrected chi connectivity index (χ2v) is 2.43. The minimum absolute atomic E-state index is 0.170. The molecule has 2 heterocycles. The summed E-state index contributed by atoms with van der Waals surface area (Å²) in [5.41, 5.74) is 0. The molecule has 0 radical (unpaired) electrons. The Bertz CT molecular complexity index is 236.